The van der Waals surface area contributed by atoms with Crippen molar-refractivity contribution in [1.82, 2.24) is 9.21 Å². The number of piperidine rings is 1. The van der Waals surface area contributed by atoms with Crippen molar-refractivity contribution in [2.75, 3.05) is 25.0 Å². The second-order valence-electron chi connectivity index (χ2n) is 8.83. The Morgan fingerprint density at radius 3 is 2.31 bits per heavy atom. The van der Waals surface area contributed by atoms with Gasteiger partial charge in [-0.05, 0) is 82.2 Å². The van der Waals surface area contributed by atoms with Crippen molar-refractivity contribution < 1.29 is 30.8 Å². The number of likely N-dealkylation sites (tertiary alicyclic amines) is 1. The molecule has 192 valence electrons. The highest BCUT2D eigenvalue weighted by Crippen LogP contribution is 2.33. The lowest BCUT2D eigenvalue weighted by molar-refractivity contribution is -0.137. The Kier molecular flexibility index (Phi) is 8.55. The molecule has 0 bridgehead atoms. The molecule has 0 spiro atoms. The summed E-state index contributed by atoms with van der Waals surface area (Å²) < 4.78 is 80.3. The van der Waals surface area contributed by atoms with E-state index in [0.29, 0.717) is 44.2 Å². The van der Waals surface area contributed by atoms with E-state index in [1.807, 2.05) is 0 Å². The van der Waals surface area contributed by atoms with Crippen LogP contribution in [-0.2, 0) is 21.0 Å². The topological polar surface area (TPSA) is 69.7 Å². The van der Waals surface area contributed by atoms with Crippen molar-refractivity contribution in [3.8, 4) is 0 Å². The standard InChI is InChI=1S/C24H29F4N3O3S/c1-17(2)31(35(33,34)22-5-3-4-18(16-22)24(26,27)28)21-10-13-30(14-11-21)15-12-23(32)29-20-8-6-19(25)7-9-20/h3-9,16-17,21H,10-15H2,1-2H3,(H,29,32). The number of hydrogen-bond donors (Lipinski definition) is 1. The molecule has 1 saturated heterocycles. The quantitative estimate of drug-likeness (QED) is 0.516. The van der Waals surface area contributed by atoms with E-state index in [2.05, 4.69) is 10.2 Å². The number of hydrogen-bond acceptors (Lipinski definition) is 4. The van der Waals surface area contributed by atoms with Gasteiger partial charge in [0.1, 0.15) is 5.82 Å². The van der Waals surface area contributed by atoms with E-state index in [1.165, 1.54) is 34.6 Å². The first-order chi connectivity index (χ1) is 16.4. The number of nitrogens with zero attached hydrogens (tertiary/aromatic N) is 2. The summed E-state index contributed by atoms with van der Waals surface area (Å²) in [5.74, 6) is -0.606. The van der Waals surface area contributed by atoms with Gasteiger partial charge in [-0.25, -0.2) is 12.8 Å². The SMILES string of the molecule is CC(C)N(C1CCN(CCC(=O)Nc2ccc(F)cc2)CC1)S(=O)(=O)c1cccc(C(F)(F)F)c1. The predicted octanol–water partition coefficient (Wildman–Crippen LogP) is 4.74. The molecule has 0 saturated carbocycles. The van der Waals surface area contributed by atoms with Gasteiger partial charge in [0.05, 0.1) is 10.5 Å². The predicted molar refractivity (Wildman–Crippen MR) is 125 cm³/mol. The highest BCUT2D eigenvalue weighted by atomic mass is 32.2. The van der Waals surface area contributed by atoms with Crippen LogP contribution in [-0.4, -0.2) is 55.2 Å². The lowest BCUT2D eigenvalue weighted by atomic mass is 10.0. The van der Waals surface area contributed by atoms with Crippen molar-refractivity contribution in [2.24, 2.45) is 0 Å². The van der Waals surface area contributed by atoms with Crippen molar-refractivity contribution in [2.45, 2.75) is 56.3 Å². The van der Waals surface area contributed by atoms with Gasteiger partial charge in [-0.15, -0.1) is 0 Å². The Morgan fingerprint density at radius 1 is 1.11 bits per heavy atom. The fraction of sp³-hybridized carbons (Fsp3) is 0.458. The summed E-state index contributed by atoms with van der Waals surface area (Å²) in [5.41, 5.74) is -0.501. The van der Waals surface area contributed by atoms with Crippen LogP contribution in [0.5, 0.6) is 0 Å². The van der Waals surface area contributed by atoms with Gasteiger partial charge in [0, 0.05) is 30.7 Å². The summed E-state index contributed by atoms with van der Waals surface area (Å²) in [5, 5.41) is 2.70. The number of halogens is 4. The van der Waals surface area contributed by atoms with E-state index in [0.717, 1.165) is 12.1 Å². The number of rotatable bonds is 8. The van der Waals surface area contributed by atoms with Gasteiger partial charge in [0.15, 0.2) is 0 Å². The normalized spacial score (nSPS) is 16.1. The maximum Gasteiger partial charge on any atom is 0.416 e. The second-order valence-corrected chi connectivity index (χ2v) is 10.7. The highest BCUT2D eigenvalue weighted by molar-refractivity contribution is 7.89. The van der Waals surface area contributed by atoms with Gasteiger partial charge in [0.2, 0.25) is 15.9 Å². The van der Waals surface area contributed by atoms with E-state index in [-0.39, 0.29) is 23.3 Å². The van der Waals surface area contributed by atoms with Crippen LogP contribution in [0.4, 0.5) is 23.2 Å². The first kappa shape index (κ1) is 27.1. The van der Waals surface area contributed by atoms with E-state index < -0.39 is 33.6 Å². The van der Waals surface area contributed by atoms with Gasteiger partial charge in [-0.2, -0.15) is 17.5 Å². The monoisotopic (exact) mass is 515 g/mol. The van der Waals surface area contributed by atoms with Gasteiger partial charge < -0.3 is 10.2 Å². The second kappa shape index (κ2) is 11.0. The summed E-state index contributed by atoms with van der Waals surface area (Å²) in [6.07, 6.45) is -3.42. The molecule has 1 N–H and O–H groups in total. The van der Waals surface area contributed by atoms with Crippen LogP contribution in [0.15, 0.2) is 53.4 Å². The minimum Gasteiger partial charge on any atom is -0.326 e. The number of benzene rings is 2. The molecule has 35 heavy (non-hydrogen) atoms. The number of amides is 1. The molecule has 3 rings (SSSR count). The molecule has 1 heterocycles. The molecule has 1 amide bonds. The molecule has 0 aromatic heterocycles. The molecule has 2 aromatic carbocycles. The van der Waals surface area contributed by atoms with E-state index in [9.17, 15) is 30.8 Å². The Morgan fingerprint density at radius 2 is 1.74 bits per heavy atom. The molecule has 0 radical (unpaired) electrons. The number of anilines is 1. The van der Waals surface area contributed by atoms with E-state index in [1.54, 1.807) is 13.8 Å². The number of nitrogens with one attached hydrogen (secondary N) is 1. The van der Waals surface area contributed by atoms with Crippen LogP contribution >= 0.6 is 0 Å². The minimum atomic E-state index is -4.64. The fourth-order valence-electron chi connectivity index (χ4n) is 4.26. The Balaban J connectivity index is 1.60. The molecule has 0 unspecified atom stereocenters. The summed E-state index contributed by atoms with van der Waals surface area (Å²) in [6.45, 7) is 4.99. The molecule has 6 nitrogen and oxygen atoms in total. The Labute approximate surface area is 203 Å². The molecule has 2 aromatic rings. The number of sulfonamides is 1. The van der Waals surface area contributed by atoms with E-state index in [4.69, 9.17) is 0 Å². The molecule has 1 aliphatic heterocycles. The first-order valence-corrected chi connectivity index (χ1v) is 12.8. The van der Waals surface area contributed by atoms with Crippen LogP contribution in [0, 0.1) is 5.82 Å². The van der Waals surface area contributed by atoms with Crippen molar-refractivity contribution in [3.05, 3.63) is 59.9 Å². The van der Waals surface area contributed by atoms with Gasteiger partial charge in [-0.1, -0.05) is 6.07 Å². The zero-order valence-corrected chi connectivity index (χ0v) is 20.4. The van der Waals surface area contributed by atoms with Crippen molar-refractivity contribution in [1.29, 1.82) is 0 Å². The van der Waals surface area contributed by atoms with Gasteiger partial charge in [-0.3, -0.25) is 4.79 Å². The maximum absolute atomic E-state index is 13.3. The third kappa shape index (κ3) is 7.02. The van der Waals surface area contributed by atoms with Crippen molar-refractivity contribution in [3.63, 3.8) is 0 Å². The molecular weight excluding hydrogens is 486 g/mol. The average molecular weight is 516 g/mol. The number of carbonyl (C=O) groups is 1. The van der Waals surface area contributed by atoms with Gasteiger partial charge >= 0.3 is 6.18 Å². The van der Waals surface area contributed by atoms with Crippen LogP contribution in [0.2, 0.25) is 0 Å². The Hall–Kier alpha value is -2.50. The Bertz CT molecular complexity index is 1110. The summed E-state index contributed by atoms with van der Waals surface area (Å²) in [7, 11) is -4.14. The first-order valence-electron chi connectivity index (χ1n) is 11.4. The number of alkyl halides is 3. The largest absolute Gasteiger partial charge is 0.416 e. The van der Waals surface area contributed by atoms with Crippen LogP contribution < -0.4 is 5.32 Å². The summed E-state index contributed by atoms with van der Waals surface area (Å²) in [6, 6.07) is 8.49. The van der Waals surface area contributed by atoms with Crippen LogP contribution in [0.3, 0.4) is 0 Å². The molecule has 1 aliphatic rings. The summed E-state index contributed by atoms with van der Waals surface area (Å²) >= 11 is 0. The highest BCUT2D eigenvalue weighted by Gasteiger charge is 2.37. The molecule has 0 atom stereocenters. The van der Waals surface area contributed by atoms with Gasteiger partial charge in [0.25, 0.3) is 0 Å². The summed E-state index contributed by atoms with van der Waals surface area (Å²) in [4.78, 5) is 13.9. The zero-order chi connectivity index (χ0) is 25.8. The smallest absolute Gasteiger partial charge is 0.326 e. The molecule has 1 fully saturated rings. The zero-order valence-electron chi connectivity index (χ0n) is 19.6. The molecule has 11 heteroatoms. The maximum atomic E-state index is 13.3. The lowest BCUT2D eigenvalue weighted by Gasteiger charge is -2.39. The van der Waals surface area contributed by atoms with Crippen LogP contribution in [0.25, 0.3) is 0 Å². The fourth-order valence-corrected chi connectivity index (χ4v) is 6.19. The van der Waals surface area contributed by atoms with E-state index >= 15 is 0 Å². The average Bonchev–Trinajstić information content (AvgIpc) is 2.79. The molecule has 0 aliphatic carbocycles. The van der Waals surface area contributed by atoms with Crippen molar-refractivity contribution >= 4 is 21.6 Å². The van der Waals surface area contributed by atoms with Crippen LogP contribution in [0.1, 0.15) is 38.7 Å². The third-order valence-corrected chi connectivity index (χ3v) is 8.07. The lowest BCUT2D eigenvalue weighted by Crippen LogP contribution is -2.50. The molecular formula is C24H29F4N3O3S. The number of carbonyl (C=O) groups excluding carboxylic acids is 1. The third-order valence-electron chi connectivity index (χ3n) is 5.95. The minimum absolute atomic E-state index is 0.213.